The van der Waals surface area contributed by atoms with Gasteiger partial charge in [0.25, 0.3) is 5.91 Å². The van der Waals surface area contributed by atoms with Gasteiger partial charge in [0.15, 0.2) is 0 Å². The van der Waals surface area contributed by atoms with Gasteiger partial charge in [0.1, 0.15) is 0 Å². The average Bonchev–Trinajstić information content (AvgIpc) is 2.39. The largest absolute Gasteiger partial charge is 0.396 e. The molecule has 0 bridgehead atoms. The Kier molecular flexibility index (Phi) is 5.92. The van der Waals surface area contributed by atoms with E-state index in [0.29, 0.717) is 6.54 Å². The van der Waals surface area contributed by atoms with E-state index in [4.69, 9.17) is 28.9 Å². The zero-order valence-electron chi connectivity index (χ0n) is 10.4. The van der Waals surface area contributed by atoms with Crippen LogP contribution in [0.1, 0.15) is 23.7 Å². The maximum absolute atomic E-state index is 11.8. The van der Waals surface area contributed by atoms with Crippen molar-refractivity contribution in [2.24, 2.45) is 0 Å². The van der Waals surface area contributed by atoms with Crippen molar-refractivity contribution in [2.75, 3.05) is 18.8 Å². The van der Waals surface area contributed by atoms with Crippen molar-refractivity contribution in [3.8, 4) is 0 Å². The molecule has 0 fully saturated rings. The molecule has 19 heavy (non-hydrogen) atoms. The van der Waals surface area contributed by atoms with Gasteiger partial charge in [-0.3, -0.25) is 9.59 Å². The Balaban J connectivity index is 2.61. The second-order valence-corrected chi connectivity index (χ2v) is 4.70. The third-order valence-electron chi connectivity index (χ3n) is 2.32. The van der Waals surface area contributed by atoms with Gasteiger partial charge in [-0.1, -0.05) is 30.1 Å². The Morgan fingerprint density at radius 3 is 2.32 bits per heavy atom. The fourth-order valence-corrected chi connectivity index (χ4v) is 1.79. The molecular weight excluding hydrogens is 289 g/mol. The molecule has 4 N–H and O–H groups in total. The van der Waals surface area contributed by atoms with Gasteiger partial charge in [0, 0.05) is 12.1 Å². The highest BCUT2D eigenvalue weighted by molar-refractivity contribution is 6.39. The Labute approximate surface area is 121 Å². The van der Waals surface area contributed by atoms with Gasteiger partial charge >= 0.3 is 0 Å². The van der Waals surface area contributed by atoms with Gasteiger partial charge in [0.05, 0.1) is 22.3 Å². The minimum absolute atomic E-state index is 0.0988. The van der Waals surface area contributed by atoms with Crippen molar-refractivity contribution in [2.45, 2.75) is 13.3 Å². The van der Waals surface area contributed by atoms with Crippen molar-refractivity contribution in [3.05, 3.63) is 27.7 Å². The number of benzene rings is 1. The quantitative estimate of drug-likeness (QED) is 0.726. The topological polar surface area (TPSA) is 84.2 Å². The van der Waals surface area contributed by atoms with Crippen LogP contribution in [0.15, 0.2) is 12.1 Å². The first-order valence-corrected chi connectivity index (χ1v) is 6.50. The molecule has 7 heteroatoms. The maximum Gasteiger partial charge on any atom is 0.251 e. The number of nitrogens with two attached hydrogens (primary N) is 1. The predicted molar refractivity (Wildman–Crippen MR) is 76.5 cm³/mol. The molecule has 104 valence electrons. The standard InChI is InChI=1S/C12H15Cl2N3O2/c1-2-3-16-10(18)6-17-12(19)7-4-8(13)11(15)9(14)5-7/h4-5H,2-3,6,15H2,1H3,(H,16,18)(H,17,19). The van der Waals surface area contributed by atoms with Gasteiger partial charge in [-0.05, 0) is 18.6 Å². The van der Waals surface area contributed by atoms with Crippen LogP contribution in [0, 0.1) is 0 Å². The molecule has 0 aromatic heterocycles. The van der Waals surface area contributed by atoms with Crippen molar-refractivity contribution < 1.29 is 9.59 Å². The van der Waals surface area contributed by atoms with Gasteiger partial charge in [-0.15, -0.1) is 0 Å². The van der Waals surface area contributed by atoms with Crippen LogP contribution < -0.4 is 16.4 Å². The highest BCUT2D eigenvalue weighted by Gasteiger charge is 2.12. The molecule has 1 aromatic rings. The Morgan fingerprint density at radius 1 is 1.21 bits per heavy atom. The lowest BCUT2D eigenvalue weighted by Gasteiger charge is -2.08. The zero-order valence-corrected chi connectivity index (χ0v) is 11.9. The van der Waals surface area contributed by atoms with Crippen LogP contribution >= 0.6 is 23.2 Å². The molecule has 0 aliphatic rings. The van der Waals surface area contributed by atoms with E-state index in [1.807, 2.05) is 6.92 Å². The first-order chi connectivity index (χ1) is 8.95. The van der Waals surface area contributed by atoms with Gasteiger partial charge < -0.3 is 16.4 Å². The van der Waals surface area contributed by atoms with Crippen LogP contribution in [-0.4, -0.2) is 24.9 Å². The zero-order chi connectivity index (χ0) is 14.4. The third-order valence-corrected chi connectivity index (χ3v) is 2.95. The Morgan fingerprint density at radius 2 is 1.79 bits per heavy atom. The summed E-state index contributed by atoms with van der Waals surface area (Å²) in [5, 5.41) is 5.52. The summed E-state index contributed by atoms with van der Waals surface area (Å²) in [4.78, 5) is 23.1. The molecule has 0 radical (unpaired) electrons. The number of anilines is 1. The van der Waals surface area contributed by atoms with Crippen molar-refractivity contribution in [1.29, 1.82) is 0 Å². The number of carbonyl (C=O) groups excluding carboxylic acids is 2. The third kappa shape index (κ3) is 4.61. The monoisotopic (exact) mass is 303 g/mol. The molecule has 2 amide bonds. The number of hydrogen-bond acceptors (Lipinski definition) is 3. The molecule has 0 atom stereocenters. The summed E-state index contributed by atoms with van der Waals surface area (Å²) in [5.74, 6) is -0.682. The first kappa shape index (κ1) is 15.6. The van der Waals surface area contributed by atoms with E-state index >= 15 is 0 Å². The van der Waals surface area contributed by atoms with Crippen LogP contribution in [0.4, 0.5) is 5.69 Å². The van der Waals surface area contributed by atoms with Crippen LogP contribution in [-0.2, 0) is 4.79 Å². The van der Waals surface area contributed by atoms with E-state index in [2.05, 4.69) is 10.6 Å². The van der Waals surface area contributed by atoms with Gasteiger partial charge in [-0.25, -0.2) is 0 Å². The first-order valence-electron chi connectivity index (χ1n) is 5.75. The van der Waals surface area contributed by atoms with E-state index in [1.165, 1.54) is 12.1 Å². The van der Waals surface area contributed by atoms with Crippen molar-refractivity contribution >= 4 is 40.7 Å². The second-order valence-electron chi connectivity index (χ2n) is 3.89. The average molecular weight is 304 g/mol. The predicted octanol–water partition coefficient (Wildman–Crippen LogP) is 1.83. The fourth-order valence-electron chi connectivity index (χ4n) is 1.30. The number of nitrogen functional groups attached to an aromatic ring is 1. The van der Waals surface area contributed by atoms with E-state index < -0.39 is 5.91 Å². The molecule has 5 nitrogen and oxygen atoms in total. The normalized spacial score (nSPS) is 10.1. The van der Waals surface area contributed by atoms with E-state index in [1.54, 1.807) is 0 Å². The lowest BCUT2D eigenvalue weighted by Crippen LogP contribution is -2.37. The molecule has 1 aromatic carbocycles. The Hall–Kier alpha value is -1.46. The number of amides is 2. The number of carbonyl (C=O) groups is 2. The minimum Gasteiger partial charge on any atom is -0.396 e. The number of nitrogens with one attached hydrogen (secondary N) is 2. The SMILES string of the molecule is CCCNC(=O)CNC(=O)c1cc(Cl)c(N)c(Cl)c1. The van der Waals surface area contributed by atoms with Crippen molar-refractivity contribution in [3.63, 3.8) is 0 Å². The van der Waals surface area contributed by atoms with Crippen LogP contribution in [0.3, 0.4) is 0 Å². The molecular formula is C12H15Cl2N3O2. The lowest BCUT2D eigenvalue weighted by molar-refractivity contribution is -0.120. The molecule has 0 saturated heterocycles. The number of hydrogen-bond donors (Lipinski definition) is 3. The molecule has 1 rings (SSSR count). The highest BCUT2D eigenvalue weighted by Crippen LogP contribution is 2.28. The molecule has 0 spiro atoms. The van der Waals surface area contributed by atoms with E-state index in [-0.39, 0.29) is 33.7 Å². The second kappa shape index (κ2) is 7.21. The summed E-state index contributed by atoms with van der Waals surface area (Å²) in [6, 6.07) is 2.81. The van der Waals surface area contributed by atoms with Crippen LogP contribution in [0.5, 0.6) is 0 Å². The van der Waals surface area contributed by atoms with E-state index in [0.717, 1.165) is 6.42 Å². The summed E-state index contributed by atoms with van der Waals surface area (Å²) in [7, 11) is 0. The molecule has 0 aliphatic heterocycles. The summed E-state index contributed by atoms with van der Waals surface area (Å²) >= 11 is 11.7. The van der Waals surface area contributed by atoms with Crippen LogP contribution in [0.2, 0.25) is 10.0 Å². The summed E-state index contributed by atoms with van der Waals surface area (Å²) in [6.07, 6.45) is 0.836. The summed E-state index contributed by atoms with van der Waals surface area (Å²) in [5.41, 5.74) is 6.05. The summed E-state index contributed by atoms with van der Waals surface area (Å²) < 4.78 is 0. The molecule has 0 heterocycles. The molecule has 0 unspecified atom stereocenters. The number of rotatable bonds is 5. The van der Waals surface area contributed by atoms with Gasteiger partial charge in [0.2, 0.25) is 5.91 Å². The van der Waals surface area contributed by atoms with Gasteiger partial charge in [-0.2, -0.15) is 0 Å². The molecule has 0 aliphatic carbocycles. The van der Waals surface area contributed by atoms with E-state index in [9.17, 15) is 9.59 Å². The molecule has 0 saturated carbocycles. The Bertz CT molecular complexity index is 469. The van der Waals surface area contributed by atoms with Crippen LogP contribution in [0.25, 0.3) is 0 Å². The summed E-state index contributed by atoms with van der Waals surface area (Å²) in [6.45, 7) is 2.42. The maximum atomic E-state index is 11.8. The smallest absolute Gasteiger partial charge is 0.251 e. The number of halogens is 2. The van der Waals surface area contributed by atoms with Crippen molar-refractivity contribution in [1.82, 2.24) is 10.6 Å². The lowest BCUT2D eigenvalue weighted by atomic mass is 10.2. The highest BCUT2D eigenvalue weighted by atomic mass is 35.5. The minimum atomic E-state index is -0.435. The fraction of sp³-hybridized carbons (Fsp3) is 0.333.